The van der Waals surface area contributed by atoms with Gasteiger partial charge in [0.1, 0.15) is 5.82 Å². The number of nitrogens with zero attached hydrogens (tertiary/aromatic N) is 2. The summed E-state index contributed by atoms with van der Waals surface area (Å²) >= 11 is 1.65. The molecule has 2 heterocycles. The molecule has 0 aliphatic carbocycles. The molecule has 0 aliphatic heterocycles. The van der Waals surface area contributed by atoms with E-state index in [-0.39, 0.29) is 5.91 Å². The Hall–Kier alpha value is -3.62. The van der Waals surface area contributed by atoms with E-state index in [1.807, 2.05) is 42.5 Å². The molecular weight excluding hydrogens is 408 g/mol. The lowest BCUT2D eigenvalue weighted by Crippen LogP contribution is -2.08. The van der Waals surface area contributed by atoms with Crippen LogP contribution in [0.2, 0.25) is 0 Å². The van der Waals surface area contributed by atoms with Crippen molar-refractivity contribution in [2.75, 3.05) is 16.1 Å². The maximum atomic E-state index is 11.2. The van der Waals surface area contributed by atoms with Gasteiger partial charge in [0.05, 0.1) is 11.4 Å². The predicted molar refractivity (Wildman–Crippen MR) is 127 cm³/mol. The molecule has 156 valence electrons. The van der Waals surface area contributed by atoms with Gasteiger partial charge in [-0.05, 0) is 67.1 Å². The third kappa shape index (κ3) is 4.93. The Kier molecular flexibility index (Phi) is 6.01. The Morgan fingerprint density at radius 1 is 1.00 bits per heavy atom. The van der Waals surface area contributed by atoms with Crippen molar-refractivity contribution in [1.82, 2.24) is 9.97 Å². The standard InChI is InChI=1S/C23H22N6OS/c1-14-3-9-21(31-17-6-4-16(5-7-17)26-15(2)30)20(13-14)27-19-11-12-25-23-18(19)8-10-22(28-23)29-24/h3-13H,24H2,1-2H3,(H,26,30)(H2,25,27,28,29). The highest BCUT2D eigenvalue weighted by Crippen LogP contribution is 2.37. The van der Waals surface area contributed by atoms with Crippen molar-refractivity contribution < 1.29 is 4.79 Å². The first-order chi connectivity index (χ1) is 15.0. The van der Waals surface area contributed by atoms with Crippen LogP contribution in [0.1, 0.15) is 12.5 Å². The summed E-state index contributed by atoms with van der Waals surface area (Å²) in [6, 6.07) is 19.8. The number of carbonyl (C=O) groups is 1. The fraction of sp³-hybridized carbons (Fsp3) is 0.0870. The molecule has 1 amide bonds. The second-order valence-corrected chi connectivity index (χ2v) is 8.12. The monoisotopic (exact) mass is 430 g/mol. The average molecular weight is 431 g/mol. The Morgan fingerprint density at radius 2 is 1.81 bits per heavy atom. The van der Waals surface area contributed by atoms with Crippen LogP contribution in [0.15, 0.2) is 76.7 Å². The number of nitrogen functional groups attached to an aromatic ring is 1. The van der Waals surface area contributed by atoms with Crippen molar-refractivity contribution in [3.05, 3.63) is 72.4 Å². The third-order valence-electron chi connectivity index (χ3n) is 4.56. The lowest BCUT2D eigenvalue weighted by molar-refractivity contribution is -0.114. The van der Waals surface area contributed by atoms with Gasteiger partial charge < -0.3 is 16.1 Å². The van der Waals surface area contributed by atoms with Crippen LogP contribution in [0.5, 0.6) is 0 Å². The fourth-order valence-corrected chi connectivity index (χ4v) is 4.01. The summed E-state index contributed by atoms with van der Waals surface area (Å²) in [6.07, 6.45) is 1.72. The number of fused-ring (bicyclic) bond motifs is 1. The number of amides is 1. The number of benzene rings is 2. The lowest BCUT2D eigenvalue weighted by Gasteiger charge is -2.15. The van der Waals surface area contributed by atoms with Crippen LogP contribution in [0.25, 0.3) is 11.0 Å². The van der Waals surface area contributed by atoms with E-state index in [0.29, 0.717) is 11.5 Å². The number of aryl methyl sites for hydroxylation is 1. The summed E-state index contributed by atoms with van der Waals surface area (Å²) in [5.74, 6) is 5.94. The van der Waals surface area contributed by atoms with Crippen molar-refractivity contribution in [3.8, 4) is 0 Å². The highest BCUT2D eigenvalue weighted by molar-refractivity contribution is 7.99. The number of rotatable bonds is 6. The van der Waals surface area contributed by atoms with E-state index >= 15 is 0 Å². The van der Waals surface area contributed by atoms with E-state index in [1.165, 1.54) is 6.92 Å². The van der Waals surface area contributed by atoms with Crippen molar-refractivity contribution in [1.29, 1.82) is 0 Å². The second kappa shape index (κ2) is 9.03. The van der Waals surface area contributed by atoms with Crippen molar-refractivity contribution >= 4 is 51.6 Å². The summed E-state index contributed by atoms with van der Waals surface area (Å²) in [5, 5.41) is 7.23. The van der Waals surface area contributed by atoms with E-state index in [9.17, 15) is 4.79 Å². The molecule has 0 atom stereocenters. The van der Waals surface area contributed by atoms with E-state index in [1.54, 1.807) is 18.0 Å². The number of aromatic nitrogens is 2. The SMILES string of the molecule is CC(=O)Nc1ccc(Sc2ccc(C)cc2Nc2ccnc3nc(NN)ccc23)cc1. The number of hydrazine groups is 1. The molecule has 4 aromatic rings. The number of anilines is 4. The number of carbonyl (C=O) groups excluding carboxylic acids is 1. The summed E-state index contributed by atoms with van der Waals surface area (Å²) < 4.78 is 0. The van der Waals surface area contributed by atoms with Gasteiger partial charge in [0.25, 0.3) is 0 Å². The molecule has 0 saturated carbocycles. The van der Waals surface area contributed by atoms with Gasteiger partial charge in [-0.15, -0.1) is 0 Å². The number of hydrogen-bond donors (Lipinski definition) is 4. The van der Waals surface area contributed by atoms with Gasteiger partial charge in [-0.2, -0.15) is 0 Å². The van der Waals surface area contributed by atoms with Crippen LogP contribution < -0.4 is 21.9 Å². The van der Waals surface area contributed by atoms with Gasteiger partial charge >= 0.3 is 0 Å². The van der Waals surface area contributed by atoms with Crippen LogP contribution in [-0.2, 0) is 4.79 Å². The molecule has 0 aliphatic rings. The number of nitrogens with one attached hydrogen (secondary N) is 3. The summed E-state index contributed by atoms with van der Waals surface area (Å²) in [7, 11) is 0. The topological polar surface area (TPSA) is 105 Å². The average Bonchev–Trinajstić information content (AvgIpc) is 2.76. The van der Waals surface area contributed by atoms with Crippen LogP contribution in [0.3, 0.4) is 0 Å². The maximum absolute atomic E-state index is 11.2. The van der Waals surface area contributed by atoms with E-state index in [0.717, 1.165) is 37.8 Å². The molecule has 0 bridgehead atoms. The molecule has 0 spiro atoms. The predicted octanol–water partition coefficient (Wildman–Crippen LogP) is 5.08. The Balaban J connectivity index is 1.63. The number of nitrogens with two attached hydrogens (primary N) is 1. The van der Waals surface area contributed by atoms with Gasteiger partial charge in [-0.1, -0.05) is 17.8 Å². The molecule has 31 heavy (non-hydrogen) atoms. The minimum absolute atomic E-state index is 0.0844. The largest absolute Gasteiger partial charge is 0.354 e. The first-order valence-corrected chi connectivity index (χ1v) is 10.5. The molecular formula is C23H22N6OS. The number of hydrogen-bond acceptors (Lipinski definition) is 7. The first kappa shape index (κ1) is 20.6. The van der Waals surface area contributed by atoms with Crippen LogP contribution in [0, 0.1) is 6.92 Å². The van der Waals surface area contributed by atoms with Crippen LogP contribution >= 0.6 is 11.8 Å². The van der Waals surface area contributed by atoms with Crippen LogP contribution in [0.4, 0.5) is 22.9 Å². The maximum Gasteiger partial charge on any atom is 0.221 e. The molecule has 0 saturated heterocycles. The molecule has 7 nitrogen and oxygen atoms in total. The van der Waals surface area contributed by atoms with E-state index in [4.69, 9.17) is 5.84 Å². The van der Waals surface area contributed by atoms with Crippen LogP contribution in [-0.4, -0.2) is 15.9 Å². The second-order valence-electron chi connectivity index (χ2n) is 7.00. The molecule has 5 N–H and O–H groups in total. The third-order valence-corrected chi connectivity index (χ3v) is 5.64. The smallest absolute Gasteiger partial charge is 0.221 e. The van der Waals surface area contributed by atoms with Gasteiger partial charge in [0, 0.05) is 34.0 Å². The van der Waals surface area contributed by atoms with Gasteiger partial charge in [-0.25, -0.2) is 15.8 Å². The Morgan fingerprint density at radius 3 is 2.55 bits per heavy atom. The Bertz CT molecular complexity index is 1240. The zero-order valence-electron chi connectivity index (χ0n) is 17.1. The molecule has 2 aromatic heterocycles. The minimum Gasteiger partial charge on any atom is -0.354 e. The van der Waals surface area contributed by atoms with Gasteiger partial charge in [-0.3, -0.25) is 4.79 Å². The Labute approximate surface area is 184 Å². The molecule has 4 rings (SSSR count). The quantitative estimate of drug-likeness (QED) is 0.250. The molecule has 2 aromatic carbocycles. The molecule has 8 heteroatoms. The summed E-state index contributed by atoms with van der Waals surface area (Å²) in [5.41, 5.74) is 6.99. The minimum atomic E-state index is -0.0844. The molecule has 0 radical (unpaired) electrons. The van der Waals surface area contributed by atoms with Crippen molar-refractivity contribution in [2.45, 2.75) is 23.6 Å². The zero-order valence-corrected chi connectivity index (χ0v) is 18.0. The summed E-state index contributed by atoms with van der Waals surface area (Å²) in [4.78, 5) is 22.1. The summed E-state index contributed by atoms with van der Waals surface area (Å²) in [6.45, 7) is 3.56. The van der Waals surface area contributed by atoms with Gasteiger partial charge in [0.2, 0.25) is 5.91 Å². The van der Waals surface area contributed by atoms with Crippen molar-refractivity contribution in [2.24, 2.45) is 5.84 Å². The van der Waals surface area contributed by atoms with E-state index in [2.05, 4.69) is 51.2 Å². The van der Waals surface area contributed by atoms with E-state index < -0.39 is 0 Å². The van der Waals surface area contributed by atoms with Crippen molar-refractivity contribution in [3.63, 3.8) is 0 Å². The molecule has 0 unspecified atom stereocenters. The normalized spacial score (nSPS) is 10.7. The highest BCUT2D eigenvalue weighted by atomic mass is 32.2. The highest BCUT2D eigenvalue weighted by Gasteiger charge is 2.10. The number of pyridine rings is 2. The lowest BCUT2D eigenvalue weighted by atomic mass is 10.2. The zero-order chi connectivity index (χ0) is 21.8. The first-order valence-electron chi connectivity index (χ1n) is 9.67. The fourth-order valence-electron chi connectivity index (χ4n) is 3.13. The van der Waals surface area contributed by atoms with Gasteiger partial charge in [0.15, 0.2) is 5.65 Å². The molecule has 0 fully saturated rings.